The lowest BCUT2D eigenvalue weighted by Crippen LogP contribution is -2.21. The Morgan fingerprint density at radius 2 is 1.88 bits per heavy atom. The van der Waals surface area contributed by atoms with Gasteiger partial charge in [0.05, 0.1) is 0 Å². The van der Waals surface area contributed by atoms with Gasteiger partial charge < -0.3 is 5.32 Å². The Balaban J connectivity index is 2.40. The van der Waals surface area contributed by atoms with Gasteiger partial charge in [-0.25, -0.2) is 0 Å². The van der Waals surface area contributed by atoms with Crippen LogP contribution < -0.4 is 5.32 Å². The standard InChI is InChI=1S/C13H21NOS/c1-4-16(15)9-8-14-10-13-11(2)6-5-7-12(13)3/h5-7,14H,4,8-10H2,1-3H3. The van der Waals surface area contributed by atoms with Crippen molar-refractivity contribution in [3.63, 3.8) is 0 Å². The molecule has 0 heterocycles. The summed E-state index contributed by atoms with van der Waals surface area (Å²) in [5, 5.41) is 3.36. The monoisotopic (exact) mass is 239 g/mol. The molecule has 16 heavy (non-hydrogen) atoms. The quantitative estimate of drug-likeness (QED) is 0.771. The van der Waals surface area contributed by atoms with E-state index < -0.39 is 10.8 Å². The summed E-state index contributed by atoms with van der Waals surface area (Å²) in [5.41, 5.74) is 4.01. The van der Waals surface area contributed by atoms with E-state index in [0.717, 1.165) is 24.6 Å². The first kappa shape index (κ1) is 13.4. The molecule has 1 aromatic rings. The predicted molar refractivity (Wildman–Crippen MR) is 71.2 cm³/mol. The maximum atomic E-state index is 11.2. The van der Waals surface area contributed by atoms with Crippen molar-refractivity contribution < 1.29 is 4.21 Å². The zero-order valence-corrected chi connectivity index (χ0v) is 11.2. The number of aryl methyl sites for hydroxylation is 2. The Kier molecular flexibility index (Phi) is 5.71. The maximum Gasteiger partial charge on any atom is 0.0360 e. The molecule has 0 aliphatic heterocycles. The van der Waals surface area contributed by atoms with Gasteiger partial charge in [-0.15, -0.1) is 0 Å². The van der Waals surface area contributed by atoms with E-state index in [1.165, 1.54) is 16.7 Å². The second kappa shape index (κ2) is 6.81. The van der Waals surface area contributed by atoms with E-state index >= 15 is 0 Å². The first-order chi connectivity index (χ1) is 7.65. The van der Waals surface area contributed by atoms with E-state index in [1.807, 2.05) is 6.92 Å². The van der Waals surface area contributed by atoms with Gasteiger partial charge in [0.1, 0.15) is 0 Å². The molecular weight excluding hydrogens is 218 g/mol. The first-order valence-corrected chi connectivity index (χ1v) is 7.24. The van der Waals surface area contributed by atoms with Crippen LogP contribution in [0.25, 0.3) is 0 Å². The molecule has 0 amide bonds. The summed E-state index contributed by atoms with van der Waals surface area (Å²) >= 11 is 0. The minimum atomic E-state index is -0.658. The summed E-state index contributed by atoms with van der Waals surface area (Å²) in [6.07, 6.45) is 0. The van der Waals surface area contributed by atoms with Crippen LogP contribution in [-0.2, 0) is 17.3 Å². The third-order valence-corrected chi connectivity index (χ3v) is 4.08. The molecule has 0 aromatic heterocycles. The summed E-state index contributed by atoms with van der Waals surface area (Å²) in [5.74, 6) is 1.51. The lowest BCUT2D eigenvalue weighted by molar-refractivity contribution is 0.673. The van der Waals surface area contributed by atoms with Crippen molar-refractivity contribution in [2.24, 2.45) is 0 Å². The molecule has 0 aliphatic rings. The van der Waals surface area contributed by atoms with E-state index in [0.29, 0.717) is 0 Å². The third kappa shape index (κ3) is 4.06. The van der Waals surface area contributed by atoms with E-state index in [4.69, 9.17) is 0 Å². The van der Waals surface area contributed by atoms with Crippen molar-refractivity contribution in [2.75, 3.05) is 18.1 Å². The van der Waals surface area contributed by atoms with Crippen molar-refractivity contribution in [3.05, 3.63) is 34.9 Å². The summed E-state index contributed by atoms with van der Waals surface area (Å²) < 4.78 is 11.2. The highest BCUT2D eigenvalue weighted by Crippen LogP contribution is 2.12. The van der Waals surface area contributed by atoms with E-state index in [-0.39, 0.29) is 0 Å². The molecule has 1 N–H and O–H groups in total. The van der Waals surface area contributed by atoms with Crippen molar-refractivity contribution in [1.82, 2.24) is 5.32 Å². The Bertz CT molecular complexity index is 343. The van der Waals surface area contributed by atoms with Gasteiger partial charge in [0.25, 0.3) is 0 Å². The van der Waals surface area contributed by atoms with Crippen molar-refractivity contribution >= 4 is 10.8 Å². The van der Waals surface area contributed by atoms with Gasteiger partial charge >= 0.3 is 0 Å². The SMILES string of the molecule is CCS(=O)CCNCc1c(C)cccc1C. The molecular formula is C13H21NOS. The normalized spacial score (nSPS) is 12.7. The average molecular weight is 239 g/mol. The summed E-state index contributed by atoms with van der Waals surface area (Å²) in [6.45, 7) is 7.93. The zero-order valence-electron chi connectivity index (χ0n) is 10.4. The highest BCUT2D eigenvalue weighted by Gasteiger charge is 2.01. The highest BCUT2D eigenvalue weighted by atomic mass is 32.2. The zero-order chi connectivity index (χ0) is 12.0. The van der Waals surface area contributed by atoms with Crippen molar-refractivity contribution in [3.8, 4) is 0 Å². The second-order valence-electron chi connectivity index (χ2n) is 3.98. The maximum absolute atomic E-state index is 11.2. The van der Waals surface area contributed by atoms with Crippen molar-refractivity contribution in [2.45, 2.75) is 27.3 Å². The van der Waals surface area contributed by atoms with Crippen LogP contribution in [-0.4, -0.2) is 22.3 Å². The van der Waals surface area contributed by atoms with Crippen LogP contribution in [0.15, 0.2) is 18.2 Å². The van der Waals surface area contributed by atoms with Gasteiger partial charge in [-0.2, -0.15) is 0 Å². The van der Waals surface area contributed by atoms with Gasteiger partial charge in [0.2, 0.25) is 0 Å². The molecule has 0 radical (unpaired) electrons. The smallest absolute Gasteiger partial charge is 0.0360 e. The van der Waals surface area contributed by atoms with Gasteiger partial charge in [-0.1, -0.05) is 25.1 Å². The molecule has 0 spiro atoms. The predicted octanol–water partition coefficient (Wildman–Crippen LogP) is 2.16. The first-order valence-electron chi connectivity index (χ1n) is 5.76. The Hall–Kier alpha value is -0.670. The Morgan fingerprint density at radius 1 is 1.25 bits per heavy atom. The molecule has 0 saturated heterocycles. The molecule has 1 aromatic carbocycles. The summed E-state index contributed by atoms with van der Waals surface area (Å²) in [6, 6.07) is 6.35. The fraction of sp³-hybridized carbons (Fsp3) is 0.538. The highest BCUT2D eigenvalue weighted by molar-refractivity contribution is 7.84. The van der Waals surface area contributed by atoms with Crippen LogP contribution in [0, 0.1) is 13.8 Å². The van der Waals surface area contributed by atoms with Crippen LogP contribution in [0.2, 0.25) is 0 Å². The molecule has 0 saturated carbocycles. The van der Waals surface area contributed by atoms with Gasteiger partial charge in [-0.3, -0.25) is 4.21 Å². The molecule has 2 nitrogen and oxygen atoms in total. The molecule has 0 fully saturated rings. The molecule has 0 bridgehead atoms. The lowest BCUT2D eigenvalue weighted by atomic mass is 10.0. The third-order valence-electron chi connectivity index (χ3n) is 2.77. The van der Waals surface area contributed by atoms with Gasteiger partial charge in [0, 0.05) is 35.4 Å². The molecule has 1 rings (SSSR count). The number of nitrogens with one attached hydrogen (secondary N) is 1. The summed E-state index contributed by atoms with van der Waals surface area (Å²) in [4.78, 5) is 0. The van der Waals surface area contributed by atoms with Gasteiger partial charge in [-0.05, 0) is 30.5 Å². The number of hydrogen-bond donors (Lipinski definition) is 1. The number of hydrogen-bond acceptors (Lipinski definition) is 2. The van der Waals surface area contributed by atoms with Gasteiger partial charge in [0.15, 0.2) is 0 Å². The van der Waals surface area contributed by atoms with Crippen LogP contribution in [0.3, 0.4) is 0 Å². The Labute approximate surface area is 101 Å². The average Bonchev–Trinajstić information content (AvgIpc) is 2.27. The minimum absolute atomic E-state index is 0.658. The summed E-state index contributed by atoms with van der Waals surface area (Å²) in [7, 11) is -0.658. The second-order valence-corrected chi connectivity index (χ2v) is 5.85. The molecule has 90 valence electrons. The lowest BCUT2D eigenvalue weighted by Gasteiger charge is -2.10. The molecule has 3 heteroatoms. The molecule has 0 aliphatic carbocycles. The minimum Gasteiger partial charge on any atom is -0.312 e. The van der Waals surface area contributed by atoms with E-state index in [1.54, 1.807) is 0 Å². The van der Waals surface area contributed by atoms with Crippen LogP contribution in [0.5, 0.6) is 0 Å². The largest absolute Gasteiger partial charge is 0.312 e. The number of rotatable bonds is 6. The number of benzene rings is 1. The van der Waals surface area contributed by atoms with Crippen molar-refractivity contribution in [1.29, 1.82) is 0 Å². The van der Waals surface area contributed by atoms with E-state index in [9.17, 15) is 4.21 Å². The van der Waals surface area contributed by atoms with Crippen LogP contribution in [0.1, 0.15) is 23.6 Å². The topological polar surface area (TPSA) is 29.1 Å². The fourth-order valence-corrected chi connectivity index (χ4v) is 2.33. The van der Waals surface area contributed by atoms with E-state index in [2.05, 4.69) is 37.4 Å². The fourth-order valence-electron chi connectivity index (χ4n) is 1.67. The molecule has 1 atom stereocenters. The van der Waals surface area contributed by atoms with Crippen LogP contribution >= 0.6 is 0 Å². The Morgan fingerprint density at radius 3 is 2.44 bits per heavy atom. The molecule has 1 unspecified atom stereocenters. The van der Waals surface area contributed by atoms with Crippen LogP contribution in [0.4, 0.5) is 0 Å².